The second kappa shape index (κ2) is 5.79. The molecule has 0 N–H and O–H groups in total. The summed E-state index contributed by atoms with van der Waals surface area (Å²) < 4.78 is 7.63. The van der Waals surface area contributed by atoms with E-state index in [0.29, 0.717) is 5.88 Å². The van der Waals surface area contributed by atoms with Gasteiger partial charge in [-0.1, -0.05) is 0 Å². The molecule has 0 aliphatic carbocycles. The molecule has 0 radical (unpaired) electrons. The van der Waals surface area contributed by atoms with Crippen molar-refractivity contribution < 1.29 is 4.74 Å². The Balaban J connectivity index is 1.40. The highest BCUT2D eigenvalue weighted by atomic mass is 16.5. The van der Waals surface area contributed by atoms with Gasteiger partial charge in [0.15, 0.2) is 5.65 Å². The van der Waals surface area contributed by atoms with Gasteiger partial charge >= 0.3 is 0 Å². The SMILES string of the molecule is Cc1cncc(OC2CCN(c3ccc4nncn4n3)CC2)n1. The minimum absolute atomic E-state index is 0.168. The second-order valence-electron chi connectivity index (χ2n) is 5.63. The Morgan fingerprint density at radius 1 is 1.17 bits per heavy atom. The molecule has 23 heavy (non-hydrogen) atoms. The summed E-state index contributed by atoms with van der Waals surface area (Å²) in [5.41, 5.74) is 1.62. The molecular formula is C15H17N7O. The topological polar surface area (TPSA) is 81.3 Å². The van der Waals surface area contributed by atoms with Crippen LogP contribution in [0, 0.1) is 6.92 Å². The first-order valence-electron chi connectivity index (χ1n) is 7.65. The molecule has 3 aromatic rings. The number of fused-ring (bicyclic) bond motifs is 1. The van der Waals surface area contributed by atoms with E-state index in [-0.39, 0.29) is 6.10 Å². The molecule has 4 heterocycles. The molecule has 0 spiro atoms. The molecule has 0 atom stereocenters. The molecular weight excluding hydrogens is 294 g/mol. The van der Waals surface area contributed by atoms with E-state index in [1.165, 1.54) is 0 Å². The molecule has 0 bridgehead atoms. The summed E-state index contributed by atoms with van der Waals surface area (Å²) in [6.07, 6.45) is 7.03. The third kappa shape index (κ3) is 2.92. The average molecular weight is 311 g/mol. The van der Waals surface area contributed by atoms with Gasteiger partial charge in [0.25, 0.3) is 0 Å². The smallest absolute Gasteiger partial charge is 0.232 e. The van der Waals surface area contributed by atoms with Gasteiger partial charge in [0.2, 0.25) is 5.88 Å². The van der Waals surface area contributed by atoms with Crippen molar-refractivity contribution in [1.29, 1.82) is 0 Å². The van der Waals surface area contributed by atoms with Gasteiger partial charge in [0.1, 0.15) is 18.2 Å². The van der Waals surface area contributed by atoms with Crippen molar-refractivity contribution in [2.45, 2.75) is 25.9 Å². The maximum Gasteiger partial charge on any atom is 0.232 e. The summed E-state index contributed by atoms with van der Waals surface area (Å²) in [6, 6.07) is 3.91. The lowest BCUT2D eigenvalue weighted by atomic mass is 10.1. The van der Waals surface area contributed by atoms with E-state index in [1.807, 2.05) is 19.1 Å². The fourth-order valence-electron chi connectivity index (χ4n) is 2.76. The first-order valence-corrected chi connectivity index (χ1v) is 7.65. The number of aromatic nitrogens is 6. The molecule has 4 rings (SSSR count). The first kappa shape index (κ1) is 13.9. The van der Waals surface area contributed by atoms with Crippen molar-refractivity contribution in [1.82, 2.24) is 29.8 Å². The molecule has 8 nitrogen and oxygen atoms in total. The van der Waals surface area contributed by atoms with Crippen LogP contribution in [0.1, 0.15) is 18.5 Å². The molecule has 1 aliphatic heterocycles. The monoisotopic (exact) mass is 311 g/mol. The number of aryl methyl sites for hydroxylation is 1. The number of ether oxygens (including phenoxy) is 1. The number of hydrogen-bond donors (Lipinski definition) is 0. The Kier molecular flexibility index (Phi) is 3.49. The van der Waals surface area contributed by atoms with Crippen molar-refractivity contribution >= 4 is 11.5 Å². The fraction of sp³-hybridized carbons (Fsp3) is 0.400. The minimum Gasteiger partial charge on any atom is -0.473 e. The summed E-state index contributed by atoms with van der Waals surface area (Å²) in [5.74, 6) is 1.54. The van der Waals surface area contributed by atoms with E-state index in [1.54, 1.807) is 23.2 Å². The normalized spacial score (nSPS) is 16.0. The van der Waals surface area contributed by atoms with Crippen LogP contribution in [-0.4, -0.2) is 49.0 Å². The van der Waals surface area contributed by atoms with Gasteiger partial charge < -0.3 is 9.64 Å². The largest absolute Gasteiger partial charge is 0.473 e. The number of nitrogens with zero attached hydrogens (tertiary/aromatic N) is 7. The Morgan fingerprint density at radius 2 is 2.04 bits per heavy atom. The molecule has 118 valence electrons. The molecule has 3 aromatic heterocycles. The van der Waals surface area contributed by atoms with E-state index in [9.17, 15) is 0 Å². The lowest BCUT2D eigenvalue weighted by Crippen LogP contribution is -2.39. The highest BCUT2D eigenvalue weighted by molar-refractivity contribution is 5.45. The number of anilines is 1. The lowest BCUT2D eigenvalue weighted by Gasteiger charge is -2.32. The van der Waals surface area contributed by atoms with Gasteiger partial charge in [0.05, 0.1) is 11.9 Å². The summed E-state index contributed by atoms with van der Waals surface area (Å²) in [5, 5.41) is 12.4. The molecule has 0 saturated carbocycles. The van der Waals surface area contributed by atoms with Gasteiger partial charge in [0, 0.05) is 32.1 Å². The Bertz CT molecular complexity index is 810. The maximum atomic E-state index is 5.93. The maximum absolute atomic E-state index is 5.93. The predicted octanol–water partition coefficient (Wildman–Crippen LogP) is 1.27. The second-order valence-corrected chi connectivity index (χ2v) is 5.63. The predicted molar refractivity (Wildman–Crippen MR) is 83.4 cm³/mol. The summed E-state index contributed by atoms with van der Waals surface area (Å²) in [6.45, 7) is 3.70. The Labute approximate surface area is 133 Å². The van der Waals surface area contributed by atoms with Crippen molar-refractivity contribution in [2.75, 3.05) is 18.0 Å². The molecule has 1 aliphatic rings. The van der Waals surface area contributed by atoms with Crippen LogP contribution in [0.2, 0.25) is 0 Å². The summed E-state index contributed by atoms with van der Waals surface area (Å²) >= 11 is 0. The van der Waals surface area contributed by atoms with Crippen LogP contribution in [0.3, 0.4) is 0 Å². The number of hydrogen-bond acceptors (Lipinski definition) is 7. The third-order valence-corrected chi connectivity index (χ3v) is 3.93. The standard InChI is InChI=1S/C15H17N7O/c1-11-8-16-9-15(18-11)23-12-4-6-21(7-5-12)14-3-2-13-19-17-10-22(13)20-14/h2-3,8-10,12H,4-7H2,1H3. The van der Waals surface area contributed by atoms with Crippen LogP contribution in [0.15, 0.2) is 30.9 Å². The minimum atomic E-state index is 0.168. The van der Waals surface area contributed by atoms with E-state index < -0.39 is 0 Å². The zero-order valence-corrected chi connectivity index (χ0v) is 12.8. The van der Waals surface area contributed by atoms with Crippen LogP contribution in [0.4, 0.5) is 5.82 Å². The van der Waals surface area contributed by atoms with Gasteiger partial charge in [-0.05, 0) is 19.1 Å². The molecule has 1 saturated heterocycles. The van der Waals surface area contributed by atoms with E-state index >= 15 is 0 Å². The van der Waals surface area contributed by atoms with Crippen molar-refractivity contribution in [3.05, 3.63) is 36.5 Å². The van der Waals surface area contributed by atoms with Crippen molar-refractivity contribution in [3.63, 3.8) is 0 Å². The fourth-order valence-corrected chi connectivity index (χ4v) is 2.76. The number of rotatable bonds is 3. The van der Waals surface area contributed by atoms with E-state index in [4.69, 9.17) is 4.74 Å². The summed E-state index contributed by atoms with van der Waals surface area (Å²) in [7, 11) is 0. The van der Waals surface area contributed by atoms with Crippen molar-refractivity contribution in [3.8, 4) is 5.88 Å². The highest BCUT2D eigenvalue weighted by Crippen LogP contribution is 2.21. The molecule has 0 aromatic carbocycles. The van der Waals surface area contributed by atoms with Crippen LogP contribution in [-0.2, 0) is 0 Å². The van der Waals surface area contributed by atoms with Gasteiger partial charge in [-0.15, -0.1) is 15.3 Å². The quantitative estimate of drug-likeness (QED) is 0.720. The van der Waals surface area contributed by atoms with Crippen LogP contribution in [0.5, 0.6) is 5.88 Å². The van der Waals surface area contributed by atoms with Gasteiger partial charge in [-0.3, -0.25) is 4.98 Å². The Morgan fingerprint density at radius 3 is 2.87 bits per heavy atom. The lowest BCUT2D eigenvalue weighted by molar-refractivity contribution is 0.162. The van der Waals surface area contributed by atoms with E-state index in [2.05, 4.69) is 30.2 Å². The average Bonchev–Trinajstić information content (AvgIpc) is 3.03. The third-order valence-electron chi connectivity index (χ3n) is 3.93. The van der Waals surface area contributed by atoms with Crippen LogP contribution >= 0.6 is 0 Å². The van der Waals surface area contributed by atoms with Gasteiger partial charge in [-0.2, -0.15) is 4.52 Å². The van der Waals surface area contributed by atoms with Crippen molar-refractivity contribution in [2.24, 2.45) is 0 Å². The molecule has 0 amide bonds. The zero-order valence-electron chi connectivity index (χ0n) is 12.8. The first-order chi connectivity index (χ1) is 11.3. The van der Waals surface area contributed by atoms with Crippen LogP contribution in [0.25, 0.3) is 5.65 Å². The molecule has 0 unspecified atom stereocenters. The molecule has 8 heteroatoms. The van der Waals surface area contributed by atoms with E-state index in [0.717, 1.165) is 43.1 Å². The summed E-state index contributed by atoms with van der Waals surface area (Å²) in [4.78, 5) is 10.7. The molecule has 1 fully saturated rings. The highest BCUT2D eigenvalue weighted by Gasteiger charge is 2.22. The van der Waals surface area contributed by atoms with Crippen LogP contribution < -0.4 is 9.64 Å². The zero-order chi connectivity index (χ0) is 15.6. The Hall–Kier alpha value is -2.77. The number of piperidine rings is 1. The van der Waals surface area contributed by atoms with Gasteiger partial charge in [-0.25, -0.2) is 4.98 Å².